The SMILES string of the molecule is N#C[C]1CCC1(F)F. The molecule has 0 spiro atoms. The summed E-state index contributed by atoms with van der Waals surface area (Å²) in [7, 11) is 0. The van der Waals surface area contributed by atoms with Crippen LogP contribution in [0.1, 0.15) is 12.8 Å². The van der Waals surface area contributed by atoms with Gasteiger partial charge in [0, 0.05) is 6.42 Å². The number of rotatable bonds is 0. The predicted molar refractivity (Wildman–Crippen MR) is 23.0 cm³/mol. The maximum absolute atomic E-state index is 11.9. The van der Waals surface area contributed by atoms with Gasteiger partial charge in [-0.25, -0.2) is 8.78 Å². The maximum atomic E-state index is 11.9. The minimum atomic E-state index is -2.76. The number of nitriles is 1. The molecular weight excluding hydrogens is 112 g/mol. The highest BCUT2D eigenvalue weighted by Gasteiger charge is 2.49. The quantitative estimate of drug-likeness (QED) is 0.470. The third kappa shape index (κ3) is 0.568. The lowest BCUT2D eigenvalue weighted by molar-refractivity contribution is -0.0338. The minimum absolute atomic E-state index is 0.143. The average Bonchev–Trinajstić information content (AvgIpc) is 1.66. The molecule has 0 bridgehead atoms. The van der Waals surface area contributed by atoms with Crippen molar-refractivity contribution in [3.05, 3.63) is 5.92 Å². The fourth-order valence-corrected chi connectivity index (χ4v) is 0.577. The summed E-state index contributed by atoms with van der Waals surface area (Å²) < 4.78 is 23.9. The molecular formula is C5H4F2N. The highest BCUT2D eigenvalue weighted by Crippen LogP contribution is 2.44. The smallest absolute Gasteiger partial charge is 0.205 e. The van der Waals surface area contributed by atoms with E-state index in [-0.39, 0.29) is 18.8 Å². The van der Waals surface area contributed by atoms with Crippen LogP contribution in [0.25, 0.3) is 0 Å². The molecule has 0 unspecified atom stereocenters. The van der Waals surface area contributed by atoms with Gasteiger partial charge in [-0.2, -0.15) is 5.26 Å². The molecule has 1 fully saturated rings. The van der Waals surface area contributed by atoms with Crippen molar-refractivity contribution in [2.45, 2.75) is 18.8 Å². The zero-order valence-corrected chi connectivity index (χ0v) is 4.12. The number of hydrogen-bond acceptors (Lipinski definition) is 1. The molecule has 1 nitrogen and oxygen atoms in total. The van der Waals surface area contributed by atoms with Crippen molar-refractivity contribution >= 4 is 0 Å². The third-order valence-corrected chi connectivity index (χ3v) is 1.27. The van der Waals surface area contributed by atoms with Crippen molar-refractivity contribution in [1.82, 2.24) is 0 Å². The van der Waals surface area contributed by atoms with Gasteiger partial charge in [0.1, 0.15) is 5.92 Å². The van der Waals surface area contributed by atoms with Crippen molar-refractivity contribution in [3.63, 3.8) is 0 Å². The standard InChI is InChI=1S/C5H4F2N/c6-5(7)2-1-4(5)3-8/h1-2H2. The van der Waals surface area contributed by atoms with E-state index in [0.717, 1.165) is 0 Å². The van der Waals surface area contributed by atoms with Crippen LogP contribution in [-0.4, -0.2) is 5.92 Å². The van der Waals surface area contributed by atoms with E-state index in [0.29, 0.717) is 0 Å². The van der Waals surface area contributed by atoms with Crippen molar-refractivity contribution in [1.29, 1.82) is 5.26 Å². The molecule has 0 heterocycles. The fraction of sp³-hybridized carbons (Fsp3) is 0.600. The van der Waals surface area contributed by atoms with Gasteiger partial charge in [0.25, 0.3) is 5.92 Å². The van der Waals surface area contributed by atoms with Crippen molar-refractivity contribution < 1.29 is 8.78 Å². The molecule has 0 aromatic rings. The van der Waals surface area contributed by atoms with E-state index in [1.807, 2.05) is 0 Å². The lowest BCUT2D eigenvalue weighted by Crippen LogP contribution is -2.35. The molecule has 0 saturated heterocycles. The van der Waals surface area contributed by atoms with E-state index in [9.17, 15) is 8.78 Å². The van der Waals surface area contributed by atoms with E-state index in [1.54, 1.807) is 0 Å². The maximum Gasteiger partial charge on any atom is 0.268 e. The number of alkyl halides is 2. The van der Waals surface area contributed by atoms with Crippen LogP contribution in [-0.2, 0) is 0 Å². The van der Waals surface area contributed by atoms with Gasteiger partial charge in [-0.3, -0.25) is 0 Å². The molecule has 1 aliphatic rings. The summed E-state index contributed by atoms with van der Waals surface area (Å²) in [6.07, 6.45) is 0.138. The first-order valence-corrected chi connectivity index (χ1v) is 2.31. The Bertz CT molecular complexity index is 136. The monoisotopic (exact) mass is 116 g/mol. The molecule has 43 valence electrons. The van der Waals surface area contributed by atoms with Crippen LogP contribution in [0.4, 0.5) is 8.78 Å². The molecule has 0 aromatic carbocycles. The Hall–Kier alpha value is -0.650. The lowest BCUT2D eigenvalue weighted by Gasteiger charge is -2.29. The van der Waals surface area contributed by atoms with Crippen LogP contribution in [0.15, 0.2) is 0 Å². The molecule has 0 amide bonds. The molecule has 0 atom stereocenters. The van der Waals surface area contributed by atoms with Gasteiger partial charge in [-0.1, -0.05) is 0 Å². The Morgan fingerprint density at radius 1 is 1.62 bits per heavy atom. The van der Waals surface area contributed by atoms with Gasteiger partial charge in [0.15, 0.2) is 0 Å². The number of halogens is 2. The molecule has 8 heavy (non-hydrogen) atoms. The molecule has 1 radical (unpaired) electrons. The van der Waals surface area contributed by atoms with Gasteiger partial charge >= 0.3 is 0 Å². The summed E-state index contributed by atoms with van der Waals surface area (Å²) in [5.41, 5.74) is 0. The largest absolute Gasteiger partial charge is 0.268 e. The second-order valence-corrected chi connectivity index (χ2v) is 1.79. The summed E-state index contributed by atoms with van der Waals surface area (Å²) >= 11 is 0. The zero-order chi connectivity index (χ0) is 6.20. The topological polar surface area (TPSA) is 23.8 Å². The number of nitrogens with zero attached hydrogens (tertiary/aromatic N) is 1. The molecule has 3 heteroatoms. The van der Waals surface area contributed by atoms with Crippen LogP contribution in [0.3, 0.4) is 0 Å². The highest BCUT2D eigenvalue weighted by molar-refractivity contribution is 5.26. The van der Waals surface area contributed by atoms with Crippen LogP contribution < -0.4 is 0 Å². The van der Waals surface area contributed by atoms with E-state index in [4.69, 9.17) is 5.26 Å². The highest BCUT2D eigenvalue weighted by atomic mass is 19.3. The molecule has 0 aliphatic heterocycles. The Labute approximate surface area is 45.9 Å². The molecule has 0 aromatic heterocycles. The zero-order valence-electron chi connectivity index (χ0n) is 4.12. The van der Waals surface area contributed by atoms with E-state index in [1.165, 1.54) is 6.07 Å². The van der Waals surface area contributed by atoms with Crippen LogP contribution in [0, 0.1) is 17.2 Å². The van der Waals surface area contributed by atoms with Gasteiger partial charge in [-0.05, 0) is 6.42 Å². The minimum Gasteiger partial charge on any atom is -0.205 e. The fourth-order valence-electron chi connectivity index (χ4n) is 0.577. The van der Waals surface area contributed by atoms with Crippen LogP contribution in [0.2, 0.25) is 0 Å². The molecule has 1 aliphatic carbocycles. The summed E-state index contributed by atoms with van der Waals surface area (Å²) in [5, 5.41) is 7.95. The van der Waals surface area contributed by atoms with Crippen LogP contribution in [0.5, 0.6) is 0 Å². The number of hydrogen-bond donors (Lipinski definition) is 0. The second-order valence-electron chi connectivity index (χ2n) is 1.79. The van der Waals surface area contributed by atoms with Gasteiger partial charge in [0.2, 0.25) is 0 Å². The van der Waals surface area contributed by atoms with Gasteiger partial charge in [-0.15, -0.1) is 0 Å². The second kappa shape index (κ2) is 1.41. The molecule has 1 rings (SSSR count). The Kier molecular flexibility index (Phi) is 0.968. The molecule has 1 saturated carbocycles. The third-order valence-electron chi connectivity index (χ3n) is 1.27. The molecule has 0 N–H and O–H groups in total. The first-order valence-electron chi connectivity index (χ1n) is 2.31. The van der Waals surface area contributed by atoms with E-state index >= 15 is 0 Å². The van der Waals surface area contributed by atoms with Crippen molar-refractivity contribution in [3.8, 4) is 6.07 Å². The summed E-state index contributed by atoms with van der Waals surface area (Å²) in [6.45, 7) is 0. The summed E-state index contributed by atoms with van der Waals surface area (Å²) in [4.78, 5) is 0. The lowest BCUT2D eigenvalue weighted by atomic mass is 9.82. The first kappa shape index (κ1) is 5.49. The summed E-state index contributed by atoms with van der Waals surface area (Å²) in [6, 6.07) is 1.46. The van der Waals surface area contributed by atoms with Crippen LogP contribution >= 0.6 is 0 Å². The summed E-state index contributed by atoms with van der Waals surface area (Å²) in [5.74, 6) is -3.02. The van der Waals surface area contributed by atoms with Gasteiger partial charge < -0.3 is 0 Å². The van der Waals surface area contributed by atoms with E-state index < -0.39 is 5.92 Å². The average molecular weight is 116 g/mol. The normalized spacial score (nSPS) is 26.1. The Morgan fingerprint density at radius 2 is 2.25 bits per heavy atom. The van der Waals surface area contributed by atoms with Gasteiger partial charge in [0.05, 0.1) is 6.07 Å². The first-order chi connectivity index (χ1) is 3.67. The Morgan fingerprint density at radius 3 is 2.25 bits per heavy atom. The van der Waals surface area contributed by atoms with Crippen molar-refractivity contribution in [2.24, 2.45) is 0 Å². The van der Waals surface area contributed by atoms with Crippen molar-refractivity contribution in [2.75, 3.05) is 0 Å². The van der Waals surface area contributed by atoms with E-state index in [2.05, 4.69) is 0 Å². The predicted octanol–water partition coefficient (Wildman–Crippen LogP) is 1.51. The Balaban J connectivity index is 2.53.